The molecule has 0 bridgehead atoms. The molecule has 2 N–H and O–H groups in total. The molecule has 1 aliphatic rings. The van der Waals surface area contributed by atoms with Crippen LogP contribution in [0.25, 0.3) is 0 Å². The Hall–Kier alpha value is -3.19. The third-order valence-corrected chi connectivity index (χ3v) is 17.5. The molecule has 43 heavy (non-hydrogen) atoms. The molecule has 4 atom stereocenters. The van der Waals surface area contributed by atoms with Crippen molar-refractivity contribution in [2.45, 2.75) is 102 Å². The summed E-state index contributed by atoms with van der Waals surface area (Å²) in [6.45, 7) is 20.7. The van der Waals surface area contributed by atoms with Gasteiger partial charge in [0.2, 0.25) is 0 Å². The van der Waals surface area contributed by atoms with Crippen molar-refractivity contribution < 1.29 is 23.4 Å². The summed E-state index contributed by atoms with van der Waals surface area (Å²) in [7, 11) is -4.96. The number of nitro groups is 1. The fourth-order valence-corrected chi connectivity index (χ4v) is 6.58. The predicted octanol–water partition coefficient (Wildman–Crippen LogP) is 5.11. The first-order valence-electron chi connectivity index (χ1n) is 14.1. The van der Waals surface area contributed by atoms with Crippen molar-refractivity contribution in [3.8, 4) is 0 Å². The number of hydroxylamine groups is 1. The lowest BCUT2D eigenvalue weighted by Crippen LogP contribution is -2.54. The number of benzene rings is 1. The number of non-ortho nitro benzene ring substituents is 1. The molecule has 3 rings (SSSR count). The highest BCUT2D eigenvalue weighted by molar-refractivity contribution is 6.74. The zero-order valence-electron chi connectivity index (χ0n) is 26.5. The van der Waals surface area contributed by atoms with Gasteiger partial charge < -0.3 is 18.8 Å². The van der Waals surface area contributed by atoms with Crippen LogP contribution in [0.2, 0.25) is 36.3 Å². The van der Waals surface area contributed by atoms with Crippen LogP contribution < -0.4 is 16.7 Å². The van der Waals surface area contributed by atoms with Crippen LogP contribution in [0.4, 0.5) is 11.4 Å². The molecular formula is C27H44N6O8Si2. The molecule has 1 aliphatic heterocycles. The number of hydrogen-bond acceptors (Lipinski definition) is 9. The number of ether oxygens (including phenoxy) is 1. The lowest BCUT2D eigenvalue weighted by molar-refractivity contribution is -0.538. The van der Waals surface area contributed by atoms with Gasteiger partial charge in [0.05, 0.1) is 10.1 Å². The standard InChI is InChI=1S/C27H44N6O8Si2/c1-26(2,3)42(7,8)40-22-20(17-32(36)30-29-18-11-13-19(14-12-18)33(37)38)39-24(31-16-15-21(34)28-25(31)35)23(22)41-43(9,10)27(4,5)6/h11-16,20,22-24,29H,17H2,1-10H3,(H,28,34,35)/b32-30-. The Bertz CT molecular complexity index is 1440. The zero-order valence-corrected chi connectivity index (χ0v) is 28.5. The summed E-state index contributed by atoms with van der Waals surface area (Å²) >= 11 is 0. The van der Waals surface area contributed by atoms with Crippen LogP contribution >= 0.6 is 0 Å². The van der Waals surface area contributed by atoms with E-state index in [1.165, 1.54) is 41.1 Å². The van der Waals surface area contributed by atoms with E-state index < -0.39 is 57.3 Å². The van der Waals surface area contributed by atoms with Crippen LogP contribution in [-0.2, 0) is 13.6 Å². The Kier molecular flexibility index (Phi) is 9.92. The molecule has 16 heteroatoms. The highest BCUT2D eigenvalue weighted by Gasteiger charge is 2.55. The number of aromatic nitrogens is 2. The molecule has 0 saturated carbocycles. The van der Waals surface area contributed by atoms with E-state index >= 15 is 0 Å². The third-order valence-electron chi connectivity index (χ3n) is 8.59. The van der Waals surface area contributed by atoms with Crippen molar-refractivity contribution in [1.82, 2.24) is 9.55 Å². The van der Waals surface area contributed by atoms with Crippen molar-refractivity contribution >= 4 is 28.0 Å². The van der Waals surface area contributed by atoms with E-state index in [-0.39, 0.29) is 22.3 Å². The predicted molar refractivity (Wildman–Crippen MR) is 167 cm³/mol. The van der Waals surface area contributed by atoms with Crippen LogP contribution in [0.3, 0.4) is 0 Å². The average molecular weight is 637 g/mol. The number of rotatable bonds is 10. The SMILES string of the molecule is CC(C)(C)[Si](C)(C)OC1C(C/[N+]([O-])=N/Nc2ccc([N+](=O)[O-])cc2)OC(n2ccc(=O)[nH]c2=O)C1O[Si](C)(C)C(C)(C)C. The molecule has 1 aromatic carbocycles. The fraction of sp³-hybridized carbons (Fsp3) is 0.630. The number of aromatic amines is 1. The summed E-state index contributed by atoms with van der Waals surface area (Å²) in [6, 6.07) is 6.70. The molecule has 0 amide bonds. The van der Waals surface area contributed by atoms with Crippen LogP contribution in [0, 0.1) is 15.3 Å². The molecule has 1 fully saturated rings. The summed E-state index contributed by atoms with van der Waals surface area (Å²) in [5.74, 6) is 0. The number of hydrogen-bond donors (Lipinski definition) is 2. The van der Waals surface area contributed by atoms with Crippen LogP contribution in [0.15, 0.2) is 51.3 Å². The quantitative estimate of drug-likeness (QED) is 0.118. The third kappa shape index (κ3) is 8.05. The van der Waals surface area contributed by atoms with Gasteiger partial charge in [0.25, 0.3) is 11.2 Å². The zero-order chi connectivity index (χ0) is 32.5. The number of nitrogens with zero attached hydrogens (tertiary/aromatic N) is 4. The van der Waals surface area contributed by atoms with Gasteiger partial charge in [-0.15, -0.1) is 5.43 Å². The lowest BCUT2D eigenvalue weighted by Gasteiger charge is -2.44. The lowest BCUT2D eigenvalue weighted by atomic mass is 10.1. The smallest absolute Gasteiger partial charge is 0.330 e. The van der Waals surface area contributed by atoms with Gasteiger partial charge in [-0.25, -0.2) is 4.79 Å². The Morgan fingerprint density at radius 2 is 1.49 bits per heavy atom. The first-order chi connectivity index (χ1) is 19.6. The number of nitro benzene ring substituents is 1. The van der Waals surface area contributed by atoms with Gasteiger partial charge in [-0.05, 0) is 48.4 Å². The molecule has 2 aromatic rings. The highest BCUT2D eigenvalue weighted by Crippen LogP contribution is 2.45. The van der Waals surface area contributed by atoms with Crippen molar-refractivity contribution in [1.29, 1.82) is 0 Å². The Balaban J connectivity index is 2.04. The van der Waals surface area contributed by atoms with Gasteiger partial charge in [0.1, 0.15) is 30.5 Å². The molecule has 1 aromatic heterocycles. The molecule has 238 valence electrons. The van der Waals surface area contributed by atoms with E-state index in [9.17, 15) is 24.9 Å². The van der Waals surface area contributed by atoms with Crippen LogP contribution in [-0.4, -0.2) is 60.8 Å². The second kappa shape index (κ2) is 12.4. The number of anilines is 1. The molecule has 0 radical (unpaired) electrons. The Morgan fingerprint density at radius 3 is 1.98 bits per heavy atom. The van der Waals surface area contributed by atoms with Crippen molar-refractivity contribution in [2.75, 3.05) is 12.0 Å². The maximum atomic E-state index is 13.1. The first-order valence-corrected chi connectivity index (χ1v) is 19.9. The van der Waals surface area contributed by atoms with E-state index in [0.29, 0.717) is 10.5 Å². The minimum Gasteiger partial charge on any atom is -0.696 e. The van der Waals surface area contributed by atoms with Gasteiger partial charge in [0, 0.05) is 24.4 Å². The summed E-state index contributed by atoms with van der Waals surface area (Å²) in [6.07, 6.45) is -2.03. The van der Waals surface area contributed by atoms with Crippen molar-refractivity contribution in [3.05, 3.63) is 72.7 Å². The largest absolute Gasteiger partial charge is 0.696 e. The first kappa shape index (κ1) is 34.3. The number of nitrogens with one attached hydrogen (secondary N) is 2. The summed E-state index contributed by atoms with van der Waals surface area (Å²) in [5.41, 5.74) is 1.68. The van der Waals surface area contributed by atoms with Crippen molar-refractivity contribution in [3.63, 3.8) is 0 Å². The number of H-pyrrole nitrogens is 1. The highest BCUT2D eigenvalue weighted by atomic mass is 28.4. The van der Waals surface area contributed by atoms with Gasteiger partial charge >= 0.3 is 5.69 Å². The fourth-order valence-electron chi connectivity index (χ4n) is 3.97. The van der Waals surface area contributed by atoms with Gasteiger partial charge in [0.15, 0.2) is 22.9 Å². The van der Waals surface area contributed by atoms with Crippen molar-refractivity contribution in [2.24, 2.45) is 5.22 Å². The minimum atomic E-state index is -2.48. The van der Waals surface area contributed by atoms with E-state index in [2.05, 4.69) is 83.4 Å². The van der Waals surface area contributed by atoms with Gasteiger partial charge in [-0.1, -0.05) is 41.5 Å². The molecule has 0 aliphatic carbocycles. The van der Waals surface area contributed by atoms with E-state index in [0.717, 1.165) is 0 Å². The topological polar surface area (TPSA) is 176 Å². The maximum absolute atomic E-state index is 13.1. The van der Waals surface area contributed by atoms with Gasteiger partial charge in [-0.2, -0.15) is 4.86 Å². The second-order valence-corrected chi connectivity index (χ2v) is 23.3. The summed E-state index contributed by atoms with van der Waals surface area (Å²) in [4.78, 5) is 37.9. The maximum Gasteiger partial charge on any atom is 0.330 e. The monoisotopic (exact) mass is 636 g/mol. The second-order valence-electron chi connectivity index (χ2n) is 13.8. The van der Waals surface area contributed by atoms with Crippen LogP contribution in [0.1, 0.15) is 47.8 Å². The molecule has 4 unspecified atom stereocenters. The minimum absolute atomic E-state index is 0.0918. The van der Waals surface area contributed by atoms with E-state index in [4.69, 9.17) is 13.6 Å². The molecule has 1 saturated heterocycles. The summed E-state index contributed by atoms with van der Waals surface area (Å²) < 4.78 is 21.5. The molecule has 2 heterocycles. The normalized spacial score (nSPS) is 22.0. The van der Waals surface area contributed by atoms with Gasteiger partial charge in [-0.3, -0.25) is 24.5 Å². The molecule has 14 nitrogen and oxygen atoms in total. The average Bonchev–Trinajstić information content (AvgIpc) is 3.16. The Labute approximate surface area is 253 Å². The molecule has 0 spiro atoms. The van der Waals surface area contributed by atoms with E-state index in [1.54, 1.807) is 0 Å². The van der Waals surface area contributed by atoms with Crippen LogP contribution in [0.5, 0.6) is 0 Å². The Morgan fingerprint density at radius 1 is 0.953 bits per heavy atom. The molecular weight excluding hydrogens is 593 g/mol. The summed E-state index contributed by atoms with van der Waals surface area (Å²) in [5, 5.41) is 27.5. The van der Waals surface area contributed by atoms with E-state index in [1.807, 2.05) is 0 Å².